The van der Waals surface area contributed by atoms with Gasteiger partial charge in [-0.15, -0.1) is 0 Å². The maximum Gasteiger partial charge on any atom is 0.274 e. The molecule has 49 heavy (non-hydrogen) atoms. The summed E-state index contributed by atoms with van der Waals surface area (Å²) >= 11 is 0. The topological polar surface area (TPSA) is 407 Å². The Labute approximate surface area is 272 Å². The lowest BCUT2D eigenvalue weighted by Crippen LogP contribution is -2.34. The van der Waals surface area contributed by atoms with Crippen LogP contribution in [0.15, 0.2) is 25.3 Å². The molecule has 6 rings (SSSR count). The third kappa shape index (κ3) is 8.79. The molecule has 0 bridgehead atoms. The van der Waals surface area contributed by atoms with E-state index in [0.717, 1.165) is 6.33 Å². The smallest absolute Gasteiger partial charge is 0.274 e. The van der Waals surface area contributed by atoms with E-state index in [0.29, 0.717) is 11.2 Å². The molecule has 0 aromatic carbocycles. The second-order valence-electron chi connectivity index (χ2n) is 10.2. The molecule has 6 heterocycles. The SMILES string of the molecule is Nc1ncnc2c1ncn2[C@@H]1O[C@H](COP(=O)([O-])OP(=O)([O-])O)[C@H](O)C1O.Nc1ncnc2c1ncn2[C@H]1C[C@@H](O)[C@@H](COP(=O)([O-])O)O1. The van der Waals surface area contributed by atoms with Crippen molar-refractivity contribution in [1.82, 2.24) is 39.0 Å². The Kier molecular flexibility index (Phi) is 10.8. The average molecular weight is 755 g/mol. The van der Waals surface area contributed by atoms with Crippen LogP contribution in [0.3, 0.4) is 0 Å². The summed E-state index contributed by atoms with van der Waals surface area (Å²) in [5.41, 5.74) is 12.6. The van der Waals surface area contributed by atoms with Gasteiger partial charge in [0, 0.05) is 6.42 Å². The first kappa shape index (κ1) is 37.1. The Morgan fingerprint density at radius 1 is 0.776 bits per heavy atom. The van der Waals surface area contributed by atoms with Crippen molar-refractivity contribution in [3.8, 4) is 0 Å². The molecule has 0 aliphatic carbocycles. The van der Waals surface area contributed by atoms with Gasteiger partial charge < -0.3 is 69.8 Å². The van der Waals surface area contributed by atoms with Gasteiger partial charge in [0.05, 0.1) is 32.0 Å². The molecule has 4 aromatic heterocycles. The van der Waals surface area contributed by atoms with Crippen LogP contribution in [-0.4, -0.2) is 108 Å². The van der Waals surface area contributed by atoms with Crippen molar-refractivity contribution < 1.29 is 76.3 Å². The molecule has 2 aliphatic rings. The highest BCUT2D eigenvalue weighted by Gasteiger charge is 2.45. The number of aliphatic hydroxyl groups is 3. The van der Waals surface area contributed by atoms with Crippen LogP contribution >= 0.6 is 23.5 Å². The Hall–Kier alpha value is -3.13. The molecule has 4 aromatic rings. The molecular weight excluding hydrogens is 729 g/mol. The molecular formula is C20H26N10O16P3-3. The highest BCUT2D eigenvalue weighted by molar-refractivity contribution is 7.59. The fourth-order valence-corrected chi connectivity index (χ4v) is 6.62. The van der Waals surface area contributed by atoms with E-state index >= 15 is 0 Å². The zero-order valence-electron chi connectivity index (χ0n) is 24.3. The number of phosphoric ester groups is 2. The molecule has 2 fully saturated rings. The number of nitrogens with zero attached hydrogens (tertiary/aromatic N) is 8. The molecule has 2 saturated heterocycles. The number of ether oxygens (including phenoxy) is 2. The Bertz CT molecular complexity index is 1940. The van der Waals surface area contributed by atoms with E-state index in [4.69, 9.17) is 30.7 Å². The summed E-state index contributed by atoms with van der Waals surface area (Å²) in [6.45, 7) is -1.39. The summed E-state index contributed by atoms with van der Waals surface area (Å²) in [5.74, 6) is 0.289. The molecule has 0 spiro atoms. The minimum absolute atomic E-state index is 0.0714. The highest BCUT2D eigenvalue weighted by atomic mass is 31.3. The summed E-state index contributed by atoms with van der Waals surface area (Å²) in [7, 11) is -15.9. The number of fused-ring (bicyclic) bond motifs is 2. The molecule has 0 amide bonds. The standard InChI is InChI=1S/C10H15N5O10P2.C10H14N5O6P/c11-8-5-9(13-2-12-8)15(3-14-5)10-7(17)6(16)4(24-10)1-23-27(21,22)25-26(18,19)20;11-9-8-10(13-3-12-9)15(4-14-8)7-1-5(16)6(21-7)2-20-22(17,18)19/h2-4,6-7,10,16-17H,1H2,(H,21,22)(H2,11,12,13)(H2,18,19,20);3-7,16H,1-2H2,(H2,11,12,13)(H2,17,18,19)/p-3/t4-,6+,7?,10-;5-,6-,7-/m11/s1. The molecule has 0 radical (unpaired) electrons. The fourth-order valence-electron chi connectivity index (χ4n) is 4.75. The van der Waals surface area contributed by atoms with Gasteiger partial charge in [0.25, 0.3) is 23.5 Å². The van der Waals surface area contributed by atoms with Gasteiger partial charge in [-0.1, -0.05) is 0 Å². The van der Waals surface area contributed by atoms with Crippen LogP contribution in [0.1, 0.15) is 18.9 Å². The normalized spacial score (nSPS) is 29.3. The van der Waals surface area contributed by atoms with Gasteiger partial charge in [-0.05, 0) is 0 Å². The van der Waals surface area contributed by atoms with Crippen LogP contribution in [0.5, 0.6) is 0 Å². The molecule has 2 aliphatic heterocycles. The fraction of sp³-hybridized carbons (Fsp3) is 0.500. The van der Waals surface area contributed by atoms with E-state index in [1.54, 1.807) is 4.57 Å². The van der Waals surface area contributed by atoms with Gasteiger partial charge in [0.15, 0.2) is 29.2 Å². The van der Waals surface area contributed by atoms with Crippen molar-refractivity contribution in [3.05, 3.63) is 25.3 Å². The third-order valence-corrected chi connectivity index (χ3v) is 9.47. The van der Waals surface area contributed by atoms with Crippen LogP contribution in [-0.2, 0) is 36.5 Å². The number of rotatable bonds is 10. The van der Waals surface area contributed by atoms with Gasteiger partial charge in [-0.2, -0.15) is 0 Å². The van der Waals surface area contributed by atoms with Crippen molar-refractivity contribution in [2.24, 2.45) is 0 Å². The first-order valence-electron chi connectivity index (χ1n) is 13.4. The predicted octanol–water partition coefficient (Wildman–Crippen LogP) is -4.48. The van der Waals surface area contributed by atoms with Gasteiger partial charge in [-0.3, -0.25) is 22.8 Å². The number of phosphoric acid groups is 3. The zero-order chi connectivity index (χ0) is 35.9. The largest absolute Gasteiger partial charge is 0.756 e. The first-order chi connectivity index (χ1) is 22.8. The molecule has 29 heteroatoms. The number of nitrogen functional groups attached to an aromatic ring is 2. The van der Waals surface area contributed by atoms with Gasteiger partial charge in [0.1, 0.15) is 54.3 Å². The summed E-state index contributed by atoms with van der Waals surface area (Å²) in [4.78, 5) is 73.0. The molecule has 270 valence electrons. The summed E-state index contributed by atoms with van der Waals surface area (Å²) < 4.78 is 58.0. The Morgan fingerprint density at radius 2 is 1.33 bits per heavy atom. The van der Waals surface area contributed by atoms with Crippen molar-refractivity contribution >= 4 is 57.4 Å². The lowest BCUT2D eigenvalue weighted by atomic mass is 10.1. The minimum atomic E-state index is -5.60. The number of imidazole rings is 2. The van der Waals surface area contributed by atoms with Crippen LogP contribution in [0.25, 0.3) is 22.3 Å². The summed E-state index contributed by atoms with van der Waals surface area (Å²) in [6, 6.07) is 0. The monoisotopic (exact) mass is 755 g/mol. The predicted molar refractivity (Wildman–Crippen MR) is 150 cm³/mol. The van der Waals surface area contributed by atoms with Gasteiger partial charge in [0.2, 0.25) is 0 Å². The minimum Gasteiger partial charge on any atom is -0.756 e. The lowest BCUT2D eigenvalue weighted by molar-refractivity contribution is -0.242. The summed E-state index contributed by atoms with van der Waals surface area (Å²) in [6.07, 6.45) is -2.99. The number of hydrogen-bond donors (Lipinski definition) is 7. The molecule has 0 saturated carbocycles. The molecule has 10 atom stereocenters. The number of aliphatic hydroxyl groups excluding tert-OH is 3. The average Bonchev–Trinajstić information content (AvgIpc) is 3.76. The number of nitrogens with two attached hydrogens (primary N) is 2. The van der Waals surface area contributed by atoms with Crippen LogP contribution < -0.4 is 26.1 Å². The lowest BCUT2D eigenvalue weighted by Gasteiger charge is -2.28. The number of hydrogen-bond acceptors (Lipinski definition) is 22. The molecule has 4 unspecified atom stereocenters. The third-order valence-electron chi connectivity index (χ3n) is 6.90. The highest BCUT2D eigenvalue weighted by Crippen LogP contribution is 2.52. The number of anilines is 2. The number of aromatic nitrogens is 8. The van der Waals surface area contributed by atoms with E-state index in [1.807, 2.05) is 0 Å². The van der Waals surface area contributed by atoms with Crippen molar-refractivity contribution in [2.45, 2.75) is 49.4 Å². The maximum absolute atomic E-state index is 11.3. The second kappa shape index (κ2) is 14.2. The zero-order valence-corrected chi connectivity index (χ0v) is 27.0. The van der Waals surface area contributed by atoms with E-state index in [1.165, 1.54) is 23.5 Å². The van der Waals surface area contributed by atoms with E-state index in [2.05, 4.69) is 43.3 Å². The van der Waals surface area contributed by atoms with Gasteiger partial charge in [-0.25, -0.2) is 34.2 Å². The van der Waals surface area contributed by atoms with Crippen LogP contribution in [0.4, 0.5) is 11.6 Å². The van der Waals surface area contributed by atoms with Gasteiger partial charge >= 0.3 is 0 Å². The van der Waals surface area contributed by atoms with Crippen molar-refractivity contribution in [2.75, 3.05) is 24.7 Å². The van der Waals surface area contributed by atoms with Crippen molar-refractivity contribution in [1.29, 1.82) is 0 Å². The molecule has 9 N–H and O–H groups in total. The second-order valence-corrected chi connectivity index (χ2v) is 14.1. The quantitative estimate of drug-likeness (QED) is 0.0750. The van der Waals surface area contributed by atoms with E-state index < -0.39 is 79.7 Å². The molecule has 26 nitrogen and oxygen atoms in total. The van der Waals surface area contributed by atoms with E-state index in [-0.39, 0.29) is 29.2 Å². The van der Waals surface area contributed by atoms with Crippen LogP contribution in [0, 0.1) is 0 Å². The summed E-state index contributed by atoms with van der Waals surface area (Å²) in [5, 5.41) is 30.1. The Balaban J connectivity index is 0.000000195. The van der Waals surface area contributed by atoms with E-state index in [9.17, 15) is 43.7 Å². The Morgan fingerprint density at radius 3 is 1.90 bits per heavy atom. The first-order valence-corrected chi connectivity index (χ1v) is 17.9. The maximum atomic E-state index is 11.3. The van der Waals surface area contributed by atoms with Crippen molar-refractivity contribution in [3.63, 3.8) is 0 Å². The van der Waals surface area contributed by atoms with Crippen LogP contribution in [0.2, 0.25) is 0 Å².